The fraction of sp³-hybridized carbons (Fsp3) is 0.308. The first-order valence-corrected chi connectivity index (χ1v) is 11.2. The minimum Gasteiger partial charge on any atom is -0.496 e. The van der Waals surface area contributed by atoms with Crippen LogP contribution in [0, 0.1) is 6.92 Å². The van der Waals surface area contributed by atoms with E-state index in [1.54, 1.807) is 19.2 Å². The second kappa shape index (κ2) is 8.75. The molecule has 1 unspecified atom stereocenters. The van der Waals surface area contributed by atoms with E-state index < -0.39 is 5.97 Å². The zero-order chi connectivity index (χ0) is 22.9. The number of carboxylic acid groups (broad SMARTS) is 1. The van der Waals surface area contributed by atoms with E-state index in [2.05, 4.69) is 34.0 Å². The van der Waals surface area contributed by atoms with Crippen molar-refractivity contribution in [3.05, 3.63) is 83.3 Å². The average molecular weight is 445 g/mol. The van der Waals surface area contributed by atoms with Crippen LogP contribution in [0.5, 0.6) is 5.75 Å². The van der Waals surface area contributed by atoms with Crippen LogP contribution < -0.4 is 4.74 Å². The molecule has 7 nitrogen and oxygen atoms in total. The van der Waals surface area contributed by atoms with Gasteiger partial charge in [0.2, 0.25) is 0 Å². The van der Waals surface area contributed by atoms with Crippen LogP contribution in [0.15, 0.2) is 61.1 Å². The number of ether oxygens (including phenoxy) is 1. The molecule has 3 heterocycles. The predicted molar refractivity (Wildman–Crippen MR) is 127 cm³/mol. The highest BCUT2D eigenvalue weighted by atomic mass is 16.5. The molecule has 33 heavy (non-hydrogen) atoms. The Labute approximate surface area is 192 Å². The van der Waals surface area contributed by atoms with Crippen LogP contribution in [0.4, 0.5) is 0 Å². The third-order valence-corrected chi connectivity index (χ3v) is 6.82. The van der Waals surface area contributed by atoms with Crippen molar-refractivity contribution in [2.45, 2.75) is 38.4 Å². The fourth-order valence-electron chi connectivity index (χ4n) is 5.10. The number of piperidine rings is 1. The standard InChI is InChI=1S/C26H28N4O3/c1-17-14-24(33-2)22(21-8-11-27-25(17)21)16-29-13-9-20(30-12-3-10-28-30)15-23(29)18-4-6-19(7-5-18)26(31)32/h3-8,10-12,14,20,23,27H,9,13,15-16H2,1-2H3,(H,31,32)/t20?,23-/m0/s1. The van der Waals surface area contributed by atoms with Gasteiger partial charge in [-0.25, -0.2) is 4.79 Å². The van der Waals surface area contributed by atoms with Gasteiger partial charge in [-0.05, 0) is 61.2 Å². The molecule has 2 aromatic carbocycles. The molecule has 1 fully saturated rings. The van der Waals surface area contributed by atoms with E-state index in [0.717, 1.165) is 48.3 Å². The second-order valence-electron chi connectivity index (χ2n) is 8.72. The van der Waals surface area contributed by atoms with Crippen molar-refractivity contribution in [3.63, 3.8) is 0 Å². The van der Waals surface area contributed by atoms with Crippen molar-refractivity contribution in [2.75, 3.05) is 13.7 Å². The van der Waals surface area contributed by atoms with Gasteiger partial charge in [0.1, 0.15) is 5.75 Å². The fourth-order valence-corrected chi connectivity index (χ4v) is 5.10. The smallest absolute Gasteiger partial charge is 0.335 e. The number of carbonyl (C=O) groups is 1. The molecule has 1 aliphatic rings. The van der Waals surface area contributed by atoms with Gasteiger partial charge < -0.3 is 14.8 Å². The number of aryl methyl sites for hydroxylation is 1. The summed E-state index contributed by atoms with van der Waals surface area (Å²) in [6.45, 7) is 3.74. The summed E-state index contributed by atoms with van der Waals surface area (Å²) < 4.78 is 7.84. The van der Waals surface area contributed by atoms with Crippen molar-refractivity contribution >= 4 is 16.9 Å². The van der Waals surface area contributed by atoms with Gasteiger partial charge in [-0.2, -0.15) is 5.10 Å². The normalized spacial score (nSPS) is 19.1. The maximum absolute atomic E-state index is 11.4. The van der Waals surface area contributed by atoms with Crippen LogP contribution in [0.1, 0.15) is 52.0 Å². The van der Waals surface area contributed by atoms with E-state index in [4.69, 9.17) is 4.74 Å². The zero-order valence-electron chi connectivity index (χ0n) is 18.9. The molecule has 0 saturated carbocycles. The van der Waals surface area contributed by atoms with E-state index in [0.29, 0.717) is 11.6 Å². The van der Waals surface area contributed by atoms with Crippen LogP contribution in [-0.4, -0.2) is 44.4 Å². The predicted octanol–water partition coefficient (Wildman–Crippen LogP) is 4.96. The molecule has 5 rings (SSSR count). The van der Waals surface area contributed by atoms with Crippen molar-refractivity contribution < 1.29 is 14.6 Å². The highest BCUT2D eigenvalue weighted by Crippen LogP contribution is 2.40. The Kier molecular flexibility index (Phi) is 5.64. The van der Waals surface area contributed by atoms with Gasteiger partial charge in [0.05, 0.1) is 18.7 Å². The van der Waals surface area contributed by atoms with Crippen LogP contribution in [-0.2, 0) is 6.54 Å². The Hall–Kier alpha value is -3.58. The van der Waals surface area contributed by atoms with Gasteiger partial charge in [-0.15, -0.1) is 0 Å². The molecule has 0 aliphatic carbocycles. The Morgan fingerprint density at radius 3 is 2.79 bits per heavy atom. The summed E-state index contributed by atoms with van der Waals surface area (Å²) in [4.78, 5) is 17.2. The molecule has 4 aromatic rings. The topological polar surface area (TPSA) is 83.4 Å². The van der Waals surface area contributed by atoms with E-state index in [1.165, 1.54) is 10.9 Å². The first-order valence-electron chi connectivity index (χ1n) is 11.2. The number of likely N-dealkylation sites (tertiary alicyclic amines) is 1. The molecule has 0 bridgehead atoms. The van der Waals surface area contributed by atoms with Crippen LogP contribution in [0.3, 0.4) is 0 Å². The zero-order valence-corrected chi connectivity index (χ0v) is 18.9. The Morgan fingerprint density at radius 1 is 1.27 bits per heavy atom. The maximum Gasteiger partial charge on any atom is 0.335 e. The molecule has 2 atom stereocenters. The van der Waals surface area contributed by atoms with E-state index >= 15 is 0 Å². The summed E-state index contributed by atoms with van der Waals surface area (Å²) >= 11 is 0. The van der Waals surface area contributed by atoms with Crippen molar-refractivity contribution in [2.24, 2.45) is 0 Å². The highest BCUT2D eigenvalue weighted by Gasteiger charge is 2.32. The first kappa shape index (κ1) is 21.3. The lowest BCUT2D eigenvalue weighted by Crippen LogP contribution is -2.37. The van der Waals surface area contributed by atoms with Crippen molar-refractivity contribution in [1.82, 2.24) is 19.7 Å². The quantitative estimate of drug-likeness (QED) is 0.439. The number of methoxy groups -OCH3 is 1. The molecule has 2 aromatic heterocycles. The van der Waals surface area contributed by atoms with Crippen LogP contribution in [0.2, 0.25) is 0 Å². The molecule has 7 heteroatoms. The number of nitrogens with zero attached hydrogens (tertiary/aromatic N) is 3. The van der Waals surface area contributed by atoms with E-state index in [1.807, 2.05) is 41.5 Å². The molecule has 2 N–H and O–H groups in total. The van der Waals surface area contributed by atoms with Crippen LogP contribution >= 0.6 is 0 Å². The number of rotatable bonds is 6. The monoisotopic (exact) mass is 444 g/mol. The van der Waals surface area contributed by atoms with Gasteiger partial charge in [-0.1, -0.05) is 12.1 Å². The third-order valence-electron chi connectivity index (χ3n) is 6.82. The van der Waals surface area contributed by atoms with Gasteiger partial charge >= 0.3 is 5.97 Å². The summed E-state index contributed by atoms with van der Waals surface area (Å²) in [7, 11) is 1.73. The minimum absolute atomic E-state index is 0.135. The molecule has 170 valence electrons. The Bertz CT molecular complexity index is 1260. The number of hydrogen-bond donors (Lipinski definition) is 2. The average Bonchev–Trinajstić information content (AvgIpc) is 3.54. The Morgan fingerprint density at radius 2 is 2.09 bits per heavy atom. The third kappa shape index (κ3) is 4.00. The highest BCUT2D eigenvalue weighted by molar-refractivity contribution is 5.88. The lowest BCUT2D eigenvalue weighted by molar-refractivity contribution is 0.0696. The molecule has 1 saturated heterocycles. The number of hydrogen-bond acceptors (Lipinski definition) is 4. The maximum atomic E-state index is 11.4. The number of aromatic amines is 1. The number of aromatic carboxylic acids is 1. The summed E-state index contributed by atoms with van der Waals surface area (Å²) in [6.07, 6.45) is 7.72. The number of aromatic nitrogens is 3. The lowest BCUT2D eigenvalue weighted by atomic mass is 9.90. The van der Waals surface area contributed by atoms with E-state index in [9.17, 15) is 9.90 Å². The summed E-state index contributed by atoms with van der Waals surface area (Å²) in [5.74, 6) is -0.00974. The summed E-state index contributed by atoms with van der Waals surface area (Å²) in [5.41, 5.74) is 4.89. The SMILES string of the molecule is COc1cc(C)c2[nH]ccc2c1CN1CCC(n2cccn2)C[C@H]1c1ccc(C(=O)O)cc1. The van der Waals surface area contributed by atoms with Gasteiger partial charge in [0.15, 0.2) is 0 Å². The molecular formula is C26H28N4O3. The number of carboxylic acids is 1. The van der Waals surface area contributed by atoms with Gasteiger partial charge in [-0.3, -0.25) is 9.58 Å². The molecule has 1 aliphatic heterocycles. The van der Waals surface area contributed by atoms with Gasteiger partial charge in [0, 0.05) is 54.2 Å². The van der Waals surface area contributed by atoms with Crippen molar-refractivity contribution in [1.29, 1.82) is 0 Å². The molecular weight excluding hydrogens is 416 g/mol. The number of H-pyrrole nitrogens is 1. The molecule has 0 radical (unpaired) electrons. The van der Waals surface area contributed by atoms with Crippen LogP contribution in [0.25, 0.3) is 10.9 Å². The first-order chi connectivity index (χ1) is 16.0. The summed E-state index contributed by atoms with van der Waals surface area (Å²) in [6, 6.07) is 13.9. The van der Waals surface area contributed by atoms with Crippen molar-refractivity contribution in [3.8, 4) is 5.75 Å². The minimum atomic E-state index is -0.907. The second-order valence-corrected chi connectivity index (χ2v) is 8.72. The summed E-state index contributed by atoms with van der Waals surface area (Å²) in [5, 5.41) is 15.0. The number of benzene rings is 2. The Balaban J connectivity index is 1.51. The van der Waals surface area contributed by atoms with Gasteiger partial charge in [0.25, 0.3) is 0 Å². The largest absolute Gasteiger partial charge is 0.496 e. The molecule has 0 spiro atoms. The lowest BCUT2D eigenvalue weighted by Gasteiger charge is -2.40. The molecule has 0 amide bonds. The number of fused-ring (bicyclic) bond motifs is 1. The number of nitrogens with one attached hydrogen (secondary N) is 1. The van der Waals surface area contributed by atoms with E-state index in [-0.39, 0.29) is 6.04 Å².